The lowest BCUT2D eigenvalue weighted by molar-refractivity contribution is -0.135. The van der Waals surface area contributed by atoms with Gasteiger partial charge in [-0.1, -0.05) is 37.3 Å². The lowest BCUT2D eigenvalue weighted by Gasteiger charge is -2.36. The molecule has 0 aliphatic carbocycles. The molecule has 1 saturated heterocycles. The van der Waals surface area contributed by atoms with E-state index in [9.17, 15) is 4.79 Å². The van der Waals surface area contributed by atoms with Crippen LogP contribution in [-0.2, 0) is 4.79 Å². The van der Waals surface area contributed by atoms with Crippen LogP contribution in [-0.4, -0.2) is 29.9 Å². The van der Waals surface area contributed by atoms with Gasteiger partial charge in [-0.3, -0.25) is 4.79 Å². The number of nitrogens with zero attached hydrogens (tertiary/aromatic N) is 1. The quantitative estimate of drug-likeness (QED) is 0.897. The van der Waals surface area contributed by atoms with Gasteiger partial charge in [0.15, 0.2) is 0 Å². The average Bonchev–Trinajstić information content (AvgIpc) is 2.53. The first-order chi connectivity index (χ1) is 9.76. The molecule has 0 radical (unpaired) electrons. The minimum atomic E-state index is 0.254. The smallest absolute Gasteiger partial charge is 0.223 e. The van der Waals surface area contributed by atoms with Gasteiger partial charge in [-0.25, -0.2) is 0 Å². The monoisotopic (exact) mass is 274 g/mol. The number of nitrogens with two attached hydrogens (primary N) is 1. The molecule has 0 aromatic heterocycles. The molecule has 1 aliphatic rings. The van der Waals surface area contributed by atoms with Crippen molar-refractivity contribution in [1.29, 1.82) is 0 Å². The van der Waals surface area contributed by atoms with Crippen LogP contribution in [0.15, 0.2) is 30.3 Å². The van der Waals surface area contributed by atoms with E-state index in [4.69, 9.17) is 5.73 Å². The molecule has 3 heteroatoms. The number of piperidine rings is 1. The summed E-state index contributed by atoms with van der Waals surface area (Å²) in [6.45, 7) is 3.63. The zero-order valence-electron chi connectivity index (χ0n) is 12.4. The van der Waals surface area contributed by atoms with Crippen LogP contribution < -0.4 is 5.73 Å². The number of likely N-dealkylation sites (tertiary alicyclic amines) is 1. The van der Waals surface area contributed by atoms with E-state index in [0.29, 0.717) is 18.9 Å². The van der Waals surface area contributed by atoms with Gasteiger partial charge in [-0.05, 0) is 37.2 Å². The summed E-state index contributed by atoms with van der Waals surface area (Å²) in [6.07, 6.45) is 4.98. The Hall–Kier alpha value is -1.35. The number of rotatable bonds is 5. The van der Waals surface area contributed by atoms with Gasteiger partial charge in [0.25, 0.3) is 0 Å². The summed E-state index contributed by atoms with van der Waals surface area (Å²) in [5.41, 5.74) is 7.08. The molecule has 0 saturated carbocycles. The molecule has 3 nitrogen and oxygen atoms in total. The normalized spacial score (nSPS) is 20.7. The third kappa shape index (κ3) is 3.60. The summed E-state index contributed by atoms with van der Waals surface area (Å²) in [4.78, 5) is 14.6. The van der Waals surface area contributed by atoms with E-state index in [2.05, 4.69) is 19.1 Å². The Morgan fingerprint density at radius 1 is 1.35 bits per heavy atom. The van der Waals surface area contributed by atoms with Gasteiger partial charge in [0.2, 0.25) is 5.91 Å². The van der Waals surface area contributed by atoms with Gasteiger partial charge in [-0.15, -0.1) is 0 Å². The molecule has 1 aromatic carbocycles. The third-order valence-corrected chi connectivity index (χ3v) is 4.40. The Bertz CT molecular complexity index is 418. The minimum Gasteiger partial charge on any atom is -0.338 e. The fraction of sp³-hybridized carbons (Fsp3) is 0.588. The molecule has 2 rings (SSSR count). The maximum Gasteiger partial charge on any atom is 0.223 e. The number of carbonyl (C=O) groups is 1. The van der Waals surface area contributed by atoms with E-state index < -0.39 is 0 Å². The second-order valence-electron chi connectivity index (χ2n) is 5.69. The zero-order chi connectivity index (χ0) is 14.4. The average molecular weight is 274 g/mol. The predicted molar refractivity (Wildman–Crippen MR) is 82.5 cm³/mol. The minimum absolute atomic E-state index is 0.254. The highest BCUT2D eigenvalue weighted by Gasteiger charge is 2.27. The molecule has 1 amide bonds. The summed E-state index contributed by atoms with van der Waals surface area (Å²) in [7, 11) is 0. The number of carbonyl (C=O) groups excluding carboxylic acids is 1. The van der Waals surface area contributed by atoms with Crippen LogP contribution in [0.2, 0.25) is 0 Å². The SMILES string of the molecule is CCC(CC(=O)N1CCCCC1CN)c1ccccc1. The number of hydrogen-bond acceptors (Lipinski definition) is 2. The van der Waals surface area contributed by atoms with E-state index in [1.54, 1.807) is 0 Å². The van der Waals surface area contributed by atoms with Crippen molar-refractivity contribution in [2.45, 2.75) is 51.0 Å². The van der Waals surface area contributed by atoms with Gasteiger partial charge in [0.05, 0.1) is 0 Å². The van der Waals surface area contributed by atoms with E-state index in [0.717, 1.165) is 25.8 Å². The first-order valence-corrected chi connectivity index (χ1v) is 7.80. The van der Waals surface area contributed by atoms with Crippen molar-refractivity contribution in [3.63, 3.8) is 0 Å². The molecule has 1 aliphatic heterocycles. The Balaban J connectivity index is 2.01. The van der Waals surface area contributed by atoms with E-state index in [1.165, 1.54) is 12.0 Å². The molecule has 2 unspecified atom stereocenters. The largest absolute Gasteiger partial charge is 0.338 e. The molecule has 1 fully saturated rings. The number of amides is 1. The fourth-order valence-corrected chi connectivity index (χ4v) is 3.13. The maximum atomic E-state index is 12.6. The summed E-state index contributed by atoms with van der Waals surface area (Å²) in [5.74, 6) is 0.597. The van der Waals surface area contributed by atoms with Crippen LogP contribution in [0.4, 0.5) is 0 Å². The second-order valence-corrected chi connectivity index (χ2v) is 5.69. The van der Waals surface area contributed by atoms with Crippen LogP contribution in [0.5, 0.6) is 0 Å². The zero-order valence-corrected chi connectivity index (χ0v) is 12.4. The van der Waals surface area contributed by atoms with Gasteiger partial charge in [0, 0.05) is 25.6 Å². The van der Waals surface area contributed by atoms with Crippen molar-refractivity contribution in [2.75, 3.05) is 13.1 Å². The fourth-order valence-electron chi connectivity index (χ4n) is 3.13. The molecule has 1 heterocycles. The van der Waals surface area contributed by atoms with Crippen molar-refractivity contribution < 1.29 is 4.79 Å². The summed E-state index contributed by atoms with van der Waals surface area (Å²) in [5, 5.41) is 0. The second kappa shape index (κ2) is 7.44. The number of benzene rings is 1. The highest BCUT2D eigenvalue weighted by atomic mass is 16.2. The molecule has 0 bridgehead atoms. The van der Waals surface area contributed by atoms with Crippen molar-refractivity contribution in [1.82, 2.24) is 4.90 Å². The van der Waals surface area contributed by atoms with Gasteiger partial charge in [-0.2, -0.15) is 0 Å². The van der Waals surface area contributed by atoms with Crippen molar-refractivity contribution in [2.24, 2.45) is 5.73 Å². The molecule has 1 aromatic rings. The van der Waals surface area contributed by atoms with Gasteiger partial charge >= 0.3 is 0 Å². The molecule has 2 N–H and O–H groups in total. The number of hydrogen-bond donors (Lipinski definition) is 1. The van der Waals surface area contributed by atoms with Crippen LogP contribution in [0, 0.1) is 0 Å². The molecule has 0 spiro atoms. The third-order valence-electron chi connectivity index (χ3n) is 4.40. The highest BCUT2D eigenvalue weighted by Crippen LogP contribution is 2.26. The molecular formula is C17H26N2O. The van der Waals surface area contributed by atoms with Gasteiger partial charge < -0.3 is 10.6 Å². The van der Waals surface area contributed by atoms with Crippen molar-refractivity contribution in [3.05, 3.63) is 35.9 Å². The van der Waals surface area contributed by atoms with E-state index >= 15 is 0 Å². The highest BCUT2D eigenvalue weighted by molar-refractivity contribution is 5.77. The van der Waals surface area contributed by atoms with Crippen molar-refractivity contribution >= 4 is 5.91 Å². The van der Waals surface area contributed by atoms with Crippen molar-refractivity contribution in [3.8, 4) is 0 Å². The van der Waals surface area contributed by atoms with Crippen LogP contribution >= 0.6 is 0 Å². The maximum absolute atomic E-state index is 12.6. The van der Waals surface area contributed by atoms with Crippen LogP contribution in [0.1, 0.15) is 50.5 Å². The first kappa shape index (κ1) is 15.0. The molecule has 110 valence electrons. The van der Waals surface area contributed by atoms with E-state index in [1.807, 2.05) is 23.1 Å². The molecule has 20 heavy (non-hydrogen) atoms. The Morgan fingerprint density at radius 3 is 2.75 bits per heavy atom. The summed E-state index contributed by atoms with van der Waals surface area (Å²) in [6, 6.07) is 10.6. The van der Waals surface area contributed by atoms with E-state index in [-0.39, 0.29) is 11.9 Å². The summed E-state index contributed by atoms with van der Waals surface area (Å²) < 4.78 is 0. The lowest BCUT2D eigenvalue weighted by atomic mass is 9.91. The van der Waals surface area contributed by atoms with Gasteiger partial charge in [0.1, 0.15) is 0 Å². The lowest BCUT2D eigenvalue weighted by Crippen LogP contribution is -2.47. The topological polar surface area (TPSA) is 46.3 Å². The van der Waals surface area contributed by atoms with Crippen LogP contribution in [0.25, 0.3) is 0 Å². The van der Waals surface area contributed by atoms with Crippen LogP contribution in [0.3, 0.4) is 0 Å². The predicted octanol–water partition coefficient (Wildman–Crippen LogP) is 2.91. The molecular weight excluding hydrogens is 248 g/mol. The Labute approximate surface area is 122 Å². The first-order valence-electron chi connectivity index (χ1n) is 7.80. The Kier molecular flexibility index (Phi) is 5.60. The standard InChI is InChI=1S/C17H26N2O/c1-2-14(15-8-4-3-5-9-15)12-17(20)19-11-7-6-10-16(19)13-18/h3-5,8-9,14,16H,2,6-7,10-13,18H2,1H3. The molecule has 2 atom stereocenters. The Morgan fingerprint density at radius 2 is 2.10 bits per heavy atom. The summed E-state index contributed by atoms with van der Waals surface area (Å²) >= 11 is 0.